The Balaban J connectivity index is 1.42. The number of carbonyl (C=O) groups is 6. The Morgan fingerprint density at radius 2 is 1.84 bits per heavy atom. The Morgan fingerprint density at radius 1 is 1.13 bits per heavy atom. The first kappa shape index (κ1) is 41.2. The third-order valence-electron chi connectivity index (χ3n) is 10.1. The molecule has 300 valence electrons. The number of nitrogens with one attached hydrogen (secondary N) is 3. The largest absolute Gasteiger partial charge is 0.444 e. The Morgan fingerprint density at radius 3 is 2.42 bits per heavy atom. The molecule has 2 heterocycles. The van der Waals surface area contributed by atoms with Crippen LogP contribution in [0.25, 0.3) is 0 Å². The van der Waals surface area contributed by atoms with Crippen molar-refractivity contribution in [3.8, 4) is 0 Å². The number of halogens is 1. The van der Waals surface area contributed by atoms with Gasteiger partial charge in [0.05, 0.1) is 24.9 Å². The van der Waals surface area contributed by atoms with E-state index in [1.807, 2.05) is 0 Å². The average molecular weight is 789 g/mol. The van der Waals surface area contributed by atoms with Gasteiger partial charge < -0.3 is 29.9 Å². The van der Waals surface area contributed by atoms with Gasteiger partial charge in [-0.05, 0) is 63.7 Å². The van der Waals surface area contributed by atoms with Gasteiger partial charge in [0, 0.05) is 25.1 Å². The number of amides is 6. The standard InChI is InChI=1S/C37H49FN6O10S/c1-7-15-42(30(45)9-3)21-28(39-34(49)54-36(4,5)6)32(47)44-19-24(53-35(50)43-18-22-11-10-12-27(38)26(22)20-43)16-29(44)31(46)40-37(17-23(37)8-2)33(48)41-55(51,52)25-13-14-25/h7,9-12,23-25,28-29H,1,3,8,13-21H2,2,4-6H3,(H,39,49)(H,40,46)(H,41,48)/t23-,24?,28+,29+,37-/m1/s1. The van der Waals surface area contributed by atoms with Crippen molar-refractivity contribution in [2.75, 3.05) is 19.6 Å². The zero-order valence-electron chi connectivity index (χ0n) is 31.5. The average Bonchev–Trinajstić information content (AvgIpc) is 4.00. The van der Waals surface area contributed by atoms with Gasteiger partial charge in [-0.1, -0.05) is 38.1 Å². The molecule has 2 saturated carbocycles. The Hall–Kier alpha value is -5.00. The molecule has 5 atom stereocenters. The summed E-state index contributed by atoms with van der Waals surface area (Å²) in [5.41, 5.74) is -1.59. The first-order valence-corrected chi connectivity index (χ1v) is 19.8. The molecule has 0 aromatic heterocycles. The number of ether oxygens (including phenoxy) is 2. The minimum atomic E-state index is -3.95. The molecular formula is C37H49FN6O10S. The maximum Gasteiger partial charge on any atom is 0.410 e. The van der Waals surface area contributed by atoms with E-state index >= 15 is 0 Å². The molecule has 1 unspecified atom stereocenters. The van der Waals surface area contributed by atoms with Gasteiger partial charge in [0.1, 0.15) is 35.1 Å². The quantitative estimate of drug-likeness (QED) is 0.186. The number of nitrogens with zero attached hydrogens (tertiary/aromatic N) is 3. The smallest absolute Gasteiger partial charge is 0.410 e. The highest BCUT2D eigenvalue weighted by Gasteiger charge is 2.62. The van der Waals surface area contributed by atoms with Crippen molar-refractivity contribution in [3.63, 3.8) is 0 Å². The van der Waals surface area contributed by atoms with Crippen LogP contribution in [0.2, 0.25) is 0 Å². The normalized spacial score (nSPS) is 23.5. The van der Waals surface area contributed by atoms with Crippen LogP contribution in [-0.2, 0) is 51.8 Å². The summed E-state index contributed by atoms with van der Waals surface area (Å²) in [5.74, 6) is -4.00. The predicted molar refractivity (Wildman–Crippen MR) is 196 cm³/mol. The molecule has 6 amide bonds. The second-order valence-corrected chi connectivity index (χ2v) is 17.3. The lowest BCUT2D eigenvalue weighted by Crippen LogP contribution is -2.60. The third-order valence-corrected chi connectivity index (χ3v) is 11.9. The van der Waals surface area contributed by atoms with Gasteiger partial charge in [0.15, 0.2) is 0 Å². The van der Waals surface area contributed by atoms with Gasteiger partial charge in [0.2, 0.25) is 27.7 Å². The fourth-order valence-electron chi connectivity index (χ4n) is 6.99. The van der Waals surface area contributed by atoms with Crippen LogP contribution in [0.5, 0.6) is 0 Å². The van der Waals surface area contributed by atoms with Crippen molar-refractivity contribution in [3.05, 3.63) is 60.5 Å². The number of sulfonamides is 1. The van der Waals surface area contributed by atoms with Gasteiger partial charge in [-0.2, -0.15) is 0 Å². The Kier molecular flexibility index (Phi) is 12.0. The number of benzene rings is 1. The summed E-state index contributed by atoms with van der Waals surface area (Å²) in [5, 5.41) is 4.53. The Bertz CT molecular complexity index is 1860. The maximum absolute atomic E-state index is 14.5. The number of hydrogen-bond acceptors (Lipinski definition) is 10. The molecular weight excluding hydrogens is 740 g/mol. The summed E-state index contributed by atoms with van der Waals surface area (Å²) in [6.07, 6.45) is 0.714. The number of fused-ring (bicyclic) bond motifs is 1. The first-order chi connectivity index (χ1) is 25.8. The van der Waals surface area contributed by atoms with Crippen molar-refractivity contribution >= 4 is 45.8 Å². The van der Waals surface area contributed by atoms with Crippen LogP contribution in [0.4, 0.5) is 14.0 Å². The third kappa shape index (κ3) is 9.45. The fourth-order valence-corrected chi connectivity index (χ4v) is 8.36. The highest BCUT2D eigenvalue weighted by atomic mass is 32.2. The van der Waals surface area contributed by atoms with Crippen molar-refractivity contribution in [2.45, 2.75) is 107 Å². The van der Waals surface area contributed by atoms with Gasteiger partial charge in [0.25, 0.3) is 5.91 Å². The lowest BCUT2D eigenvalue weighted by atomic mass is 10.1. The minimum absolute atomic E-state index is 0.0343. The molecule has 18 heteroatoms. The van der Waals surface area contributed by atoms with Crippen LogP contribution in [0.3, 0.4) is 0 Å². The summed E-state index contributed by atoms with van der Waals surface area (Å²) in [4.78, 5) is 85.1. The molecule has 1 aromatic rings. The second-order valence-electron chi connectivity index (χ2n) is 15.4. The summed E-state index contributed by atoms with van der Waals surface area (Å²) in [7, 11) is -3.95. The van der Waals surface area contributed by atoms with E-state index in [1.165, 1.54) is 28.0 Å². The highest BCUT2D eigenvalue weighted by Crippen LogP contribution is 2.47. The molecule has 2 aliphatic heterocycles. The van der Waals surface area contributed by atoms with E-state index in [4.69, 9.17) is 9.47 Å². The molecule has 4 aliphatic rings. The molecule has 5 rings (SSSR count). The zero-order valence-corrected chi connectivity index (χ0v) is 32.3. The zero-order chi connectivity index (χ0) is 40.5. The first-order valence-electron chi connectivity index (χ1n) is 18.2. The minimum Gasteiger partial charge on any atom is -0.444 e. The summed E-state index contributed by atoms with van der Waals surface area (Å²) < 4.78 is 53.2. The van der Waals surface area contributed by atoms with Crippen molar-refractivity contribution in [2.24, 2.45) is 5.92 Å². The lowest BCUT2D eigenvalue weighted by molar-refractivity contribution is -0.142. The van der Waals surface area contributed by atoms with E-state index in [-0.39, 0.29) is 39.0 Å². The van der Waals surface area contributed by atoms with E-state index < -0.39 is 98.7 Å². The highest BCUT2D eigenvalue weighted by molar-refractivity contribution is 7.91. The van der Waals surface area contributed by atoms with Crippen LogP contribution in [-0.4, -0.2) is 113 Å². The van der Waals surface area contributed by atoms with Crippen LogP contribution in [0, 0.1) is 11.7 Å². The molecule has 1 aromatic carbocycles. The molecule has 0 radical (unpaired) electrons. The molecule has 55 heavy (non-hydrogen) atoms. The number of rotatable bonds is 14. The monoisotopic (exact) mass is 788 g/mol. The van der Waals surface area contributed by atoms with Crippen molar-refractivity contribution < 1.29 is 51.0 Å². The SMILES string of the molecule is C=CCN(C[C@H](NC(=O)OC(C)(C)C)C(=O)N1CC(OC(=O)N2Cc3cccc(F)c3C2)C[C@H]1C(=O)N[C@]1(C(=O)NS(=O)(=O)C2CC2)C[C@H]1CC)C(=O)C=C. The van der Waals surface area contributed by atoms with Gasteiger partial charge in [-0.3, -0.25) is 28.8 Å². The lowest BCUT2D eigenvalue weighted by Gasteiger charge is -2.32. The van der Waals surface area contributed by atoms with E-state index in [9.17, 15) is 41.6 Å². The molecule has 1 saturated heterocycles. The number of likely N-dealkylation sites (tertiary alicyclic amines) is 1. The maximum atomic E-state index is 14.5. The van der Waals surface area contributed by atoms with Crippen LogP contribution < -0.4 is 15.4 Å². The van der Waals surface area contributed by atoms with Crippen molar-refractivity contribution in [1.82, 2.24) is 30.1 Å². The molecule has 3 N–H and O–H groups in total. The van der Waals surface area contributed by atoms with Crippen LogP contribution >= 0.6 is 0 Å². The topological polar surface area (TPSA) is 201 Å². The second kappa shape index (κ2) is 16.0. The summed E-state index contributed by atoms with van der Waals surface area (Å²) in [6.45, 7) is 13.0. The molecule has 16 nitrogen and oxygen atoms in total. The summed E-state index contributed by atoms with van der Waals surface area (Å²) in [6, 6.07) is 1.63. The van der Waals surface area contributed by atoms with E-state index in [0.29, 0.717) is 30.4 Å². The van der Waals surface area contributed by atoms with Gasteiger partial charge in [-0.25, -0.2) is 22.4 Å². The molecule has 2 aliphatic carbocycles. The van der Waals surface area contributed by atoms with Gasteiger partial charge >= 0.3 is 12.2 Å². The van der Waals surface area contributed by atoms with Crippen molar-refractivity contribution in [1.29, 1.82) is 0 Å². The Labute approximate surface area is 319 Å². The molecule has 0 bridgehead atoms. The number of carbonyl (C=O) groups excluding carboxylic acids is 6. The molecule has 0 spiro atoms. The number of hydrogen-bond donors (Lipinski definition) is 3. The van der Waals surface area contributed by atoms with E-state index in [1.54, 1.807) is 33.8 Å². The van der Waals surface area contributed by atoms with E-state index in [0.717, 1.165) is 11.0 Å². The molecule has 3 fully saturated rings. The fraction of sp³-hybridized carbons (Fsp3) is 0.568. The number of alkyl carbamates (subject to hydrolysis) is 1. The summed E-state index contributed by atoms with van der Waals surface area (Å²) >= 11 is 0. The predicted octanol–water partition coefficient (Wildman–Crippen LogP) is 2.23. The van der Waals surface area contributed by atoms with Crippen LogP contribution in [0.15, 0.2) is 43.5 Å². The van der Waals surface area contributed by atoms with E-state index in [2.05, 4.69) is 28.5 Å². The van der Waals surface area contributed by atoms with Crippen LogP contribution in [0.1, 0.15) is 70.9 Å². The van der Waals surface area contributed by atoms with Gasteiger partial charge in [-0.15, -0.1) is 6.58 Å².